The van der Waals surface area contributed by atoms with Crippen LogP contribution in [-0.2, 0) is 15.8 Å². The van der Waals surface area contributed by atoms with Gasteiger partial charge < -0.3 is 10.6 Å². The van der Waals surface area contributed by atoms with Crippen LogP contribution in [-0.4, -0.2) is 23.3 Å². The van der Waals surface area contributed by atoms with Crippen LogP contribution >= 0.6 is 11.6 Å². The van der Waals surface area contributed by atoms with Crippen LogP contribution in [0, 0.1) is 11.7 Å². The van der Waals surface area contributed by atoms with Crippen LogP contribution < -0.4 is 5.73 Å². The van der Waals surface area contributed by atoms with Gasteiger partial charge in [0.05, 0.1) is 17.5 Å². The van der Waals surface area contributed by atoms with Crippen molar-refractivity contribution in [1.82, 2.24) is 4.90 Å². The molecule has 2 aromatic carbocycles. The average molecular weight is 415 g/mol. The number of benzene rings is 2. The van der Waals surface area contributed by atoms with Gasteiger partial charge in [-0.15, -0.1) is 0 Å². The maximum Gasteiger partial charge on any atom is 0.419 e. The third-order valence-electron chi connectivity index (χ3n) is 4.67. The van der Waals surface area contributed by atoms with Crippen molar-refractivity contribution in [3.8, 4) is 0 Å². The molecule has 0 saturated carbocycles. The third-order valence-corrected chi connectivity index (χ3v) is 4.92. The van der Waals surface area contributed by atoms with E-state index in [4.69, 9.17) is 17.3 Å². The summed E-state index contributed by atoms with van der Waals surface area (Å²) in [7, 11) is 0. The number of carbonyl (C=O) groups excluding carboxylic acids is 2. The van der Waals surface area contributed by atoms with E-state index in [9.17, 15) is 27.2 Å². The monoisotopic (exact) mass is 414 g/mol. The highest BCUT2D eigenvalue weighted by Gasteiger charge is 2.40. The van der Waals surface area contributed by atoms with Crippen molar-refractivity contribution in [2.75, 3.05) is 6.54 Å². The molecule has 0 radical (unpaired) electrons. The minimum absolute atomic E-state index is 0.0415. The summed E-state index contributed by atoms with van der Waals surface area (Å²) in [6, 6.07) is 7.83. The molecule has 28 heavy (non-hydrogen) atoms. The molecule has 2 N–H and O–H groups in total. The first-order chi connectivity index (χ1) is 13.1. The number of hydrogen-bond donors (Lipinski definition) is 1. The van der Waals surface area contributed by atoms with Gasteiger partial charge in [0, 0.05) is 18.0 Å². The largest absolute Gasteiger partial charge is 0.419 e. The van der Waals surface area contributed by atoms with Crippen LogP contribution in [0.2, 0.25) is 5.02 Å². The molecule has 1 saturated heterocycles. The highest BCUT2D eigenvalue weighted by molar-refractivity contribution is 6.30. The summed E-state index contributed by atoms with van der Waals surface area (Å²) in [4.78, 5) is 25.3. The fourth-order valence-corrected chi connectivity index (χ4v) is 3.43. The van der Waals surface area contributed by atoms with E-state index in [-0.39, 0.29) is 18.5 Å². The first kappa shape index (κ1) is 20.1. The molecule has 1 aliphatic heterocycles. The molecule has 1 aliphatic rings. The summed E-state index contributed by atoms with van der Waals surface area (Å²) >= 11 is 5.88. The second-order valence-corrected chi connectivity index (χ2v) is 6.98. The van der Waals surface area contributed by atoms with Crippen LogP contribution in [0.3, 0.4) is 0 Å². The predicted octanol–water partition coefficient (Wildman–Crippen LogP) is 3.92. The Bertz CT molecular complexity index is 915. The van der Waals surface area contributed by atoms with E-state index < -0.39 is 41.3 Å². The van der Waals surface area contributed by atoms with E-state index in [1.54, 1.807) is 12.1 Å². The Balaban J connectivity index is 2.11. The first-order valence-electron chi connectivity index (χ1n) is 8.29. The van der Waals surface area contributed by atoms with Gasteiger partial charge in [-0.1, -0.05) is 29.8 Å². The number of nitrogens with two attached hydrogens (primary N) is 1. The van der Waals surface area contributed by atoms with E-state index in [1.165, 1.54) is 23.1 Å². The summed E-state index contributed by atoms with van der Waals surface area (Å²) in [5, 5.41) is 0.403. The van der Waals surface area contributed by atoms with Crippen LogP contribution in [0.25, 0.3) is 0 Å². The van der Waals surface area contributed by atoms with E-state index in [2.05, 4.69) is 0 Å². The molecule has 4 nitrogen and oxygen atoms in total. The van der Waals surface area contributed by atoms with Crippen molar-refractivity contribution in [3.05, 3.63) is 70.0 Å². The molecule has 0 spiro atoms. The molecule has 2 aromatic rings. The molecule has 3 rings (SSSR count). The zero-order chi connectivity index (χ0) is 20.6. The number of amides is 2. The molecule has 1 unspecified atom stereocenters. The zero-order valence-electron chi connectivity index (χ0n) is 14.3. The Hall–Kier alpha value is -2.61. The van der Waals surface area contributed by atoms with E-state index in [0.29, 0.717) is 22.7 Å². The highest BCUT2D eigenvalue weighted by Crippen LogP contribution is 2.38. The zero-order valence-corrected chi connectivity index (χ0v) is 15.1. The summed E-state index contributed by atoms with van der Waals surface area (Å²) in [6.07, 6.45) is -5.03. The standard InChI is InChI=1S/C19H15ClF4N2O2/c20-13-4-1-10(2-5-13)17(26-9-12(18(25)28)8-16(26)27)11-3-6-15(21)14(7-11)19(22,23)24/h1-7,12,17H,8-9H2,(H2,25,28)/t12?,17-/m0/s1. The van der Waals surface area contributed by atoms with Gasteiger partial charge in [0.2, 0.25) is 11.8 Å². The number of hydrogen-bond acceptors (Lipinski definition) is 2. The van der Waals surface area contributed by atoms with Gasteiger partial charge in [-0.2, -0.15) is 13.2 Å². The summed E-state index contributed by atoms with van der Waals surface area (Å²) in [5.74, 6) is -3.25. The Morgan fingerprint density at radius 2 is 1.75 bits per heavy atom. The normalized spacial score (nSPS) is 18.4. The van der Waals surface area contributed by atoms with Crippen molar-refractivity contribution >= 4 is 23.4 Å². The molecule has 148 valence electrons. The Labute approximate surface area is 162 Å². The van der Waals surface area contributed by atoms with Gasteiger partial charge in [0.1, 0.15) is 5.82 Å². The topological polar surface area (TPSA) is 63.4 Å². The molecule has 0 bridgehead atoms. The SMILES string of the molecule is NC(=O)C1CC(=O)N([C@@H](c2ccc(Cl)cc2)c2ccc(F)c(C(F)(F)F)c2)C1. The first-order valence-corrected chi connectivity index (χ1v) is 8.66. The molecule has 1 heterocycles. The van der Waals surface area contributed by atoms with E-state index >= 15 is 0 Å². The summed E-state index contributed by atoms with van der Waals surface area (Å²) in [5.41, 5.74) is 4.40. The van der Waals surface area contributed by atoms with Crippen molar-refractivity contribution in [2.45, 2.75) is 18.6 Å². The van der Waals surface area contributed by atoms with Gasteiger partial charge in [0.25, 0.3) is 0 Å². The quantitative estimate of drug-likeness (QED) is 0.771. The van der Waals surface area contributed by atoms with Crippen molar-refractivity contribution in [2.24, 2.45) is 11.7 Å². The van der Waals surface area contributed by atoms with Crippen LogP contribution in [0.1, 0.15) is 29.2 Å². The maximum absolute atomic E-state index is 13.7. The van der Waals surface area contributed by atoms with Gasteiger partial charge >= 0.3 is 6.18 Å². The molecular weight excluding hydrogens is 400 g/mol. The van der Waals surface area contributed by atoms with Crippen LogP contribution in [0.5, 0.6) is 0 Å². The number of nitrogens with zero attached hydrogens (tertiary/aromatic N) is 1. The second-order valence-electron chi connectivity index (χ2n) is 6.54. The van der Waals surface area contributed by atoms with Crippen molar-refractivity contribution in [1.29, 1.82) is 0 Å². The molecule has 9 heteroatoms. The maximum atomic E-state index is 13.7. The van der Waals surface area contributed by atoms with Gasteiger partial charge in [-0.05, 0) is 35.4 Å². The lowest BCUT2D eigenvalue weighted by atomic mass is 9.95. The number of primary amides is 1. The Morgan fingerprint density at radius 1 is 1.14 bits per heavy atom. The smallest absolute Gasteiger partial charge is 0.369 e. The number of carbonyl (C=O) groups is 2. The lowest BCUT2D eigenvalue weighted by Gasteiger charge is -2.29. The minimum atomic E-state index is -4.89. The lowest BCUT2D eigenvalue weighted by Crippen LogP contribution is -2.33. The molecule has 2 atom stereocenters. The second kappa shape index (κ2) is 7.43. The minimum Gasteiger partial charge on any atom is -0.369 e. The summed E-state index contributed by atoms with van der Waals surface area (Å²) in [6.45, 7) is -0.0415. The van der Waals surface area contributed by atoms with Gasteiger partial charge in [0.15, 0.2) is 0 Å². The van der Waals surface area contributed by atoms with Crippen molar-refractivity contribution in [3.63, 3.8) is 0 Å². The fraction of sp³-hybridized carbons (Fsp3) is 0.263. The number of likely N-dealkylation sites (tertiary alicyclic amines) is 1. The average Bonchev–Trinajstić information content (AvgIpc) is 2.99. The van der Waals surface area contributed by atoms with Crippen LogP contribution in [0.4, 0.5) is 17.6 Å². The third kappa shape index (κ3) is 3.96. The molecular formula is C19H15ClF4N2O2. The van der Waals surface area contributed by atoms with Crippen molar-refractivity contribution < 1.29 is 27.2 Å². The Kier molecular flexibility index (Phi) is 5.34. The molecule has 0 aliphatic carbocycles. The highest BCUT2D eigenvalue weighted by atomic mass is 35.5. The van der Waals surface area contributed by atoms with Gasteiger partial charge in [-0.25, -0.2) is 4.39 Å². The Morgan fingerprint density at radius 3 is 2.29 bits per heavy atom. The van der Waals surface area contributed by atoms with Gasteiger partial charge in [-0.3, -0.25) is 9.59 Å². The lowest BCUT2D eigenvalue weighted by molar-refractivity contribution is -0.140. The molecule has 0 aromatic heterocycles. The predicted molar refractivity (Wildman–Crippen MR) is 93.7 cm³/mol. The summed E-state index contributed by atoms with van der Waals surface area (Å²) < 4.78 is 53.2. The molecule has 1 fully saturated rings. The van der Waals surface area contributed by atoms with E-state index in [1.807, 2.05) is 0 Å². The number of alkyl halides is 3. The molecule has 2 amide bonds. The fourth-order valence-electron chi connectivity index (χ4n) is 3.30. The van der Waals surface area contributed by atoms with Crippen LogP contribution in [0.15, 0.2) is 42.5 Å². The number of rotatable bonds is 4. The number of halogens is 5. The van der Waals surface area contributed by atoms with E-state index in [0.717, 1.165) is 0 Å².